The number of nitrogens with one attached hydrogen (secondary N) is 2. The van der Waals surface area contributed by atoms with Gasteiger partial charge in [0.05, 0.1) is 0 Å². The van der Waals surface area contributed by atoms with Crippen LogP contribution in [0.1, 0.15) is 24.5 Å². The number of rotatable bonds is 6. The minimum Gasteiger partial charge on any atom is -0.435 e. The van der Waals surface area contributed by atoms with Crippen molar-refractivity contribution in [3.63, 3.8) is 0 Å². The fourth-order valence-corrected chi connectivity index (χ4v) is 2.95. The Hall–Kier alpha value is -2.63. The first-order chi connectivity index (χ1) is 12.0. The zero-order valence-corrected chi connectivity index (χ0v) is 13.9. The minimum atomic E-state index is -2.86. The number of halogens is 2. The van der Waals surface area contributed by atoms with E-state index in [1.807, 2.05) is 6.07 Å². The molecule has 0 saturated carbocycles. The Morgan fingerprint density at radius 1 is 1.04 bits per heavy atom. The van der Waals surface area contributed by atoms with Crippen molar-refractivity contribution in [1.82, 2.24) is 0 Å². The smallest absolute Gasteiger partial charge is 0.387 e. The van der Waals surface area contributed by atoms with E-state index in [1.165, 1.54) is 41.8 Å². The summed E-state index contributed by atoms with van der Waals surface area (Å²) in [4.78, 5) is 12.3. The van der Waals surface area contributed by atoms with E-state index in [2.05, 4.69) is 27.5 Å². The molecule has 0 aliphatic heterocycles. The van der Waals surface area contributed by atoms with E-state index in [-0.39, 0.29) is 11.7 Å². The van der Waals surface area contributed by atoms with Crippen LogP contribution in [0.4, 0.5) is 20.2 Å². The Kier molecular flexibility index (Phi) is 5.16. The summed E-state index contributed by atoms with van der Waals surface area (Å²) >= 11 is 0. The zero-order valence-electron chi connectivity index (χ0n) is 13.9. The van der Waals surface area contributed by atoms with E-state index in [4.69, 9.17) is 0 Å². The van der Waals surface area contributed by atoms with Gasteiger partial charge in [0, 0.05) is 11.4 Å². The van der Waals surface area contributed by atoms with Gasteiger partial charge in [0.15, 0.2) is 0 Å². The molecule has 0 spiro atoms. The Morgan fingerprint density at radius 2 is 1.72 bits per heavy atom. The van der Waals surface area contributed by atoms with Crippen LogP contribution >= 0.6 is 0 Å². The van der Waals surface area contributed by atoms with E-state index >= 15 is 0 Å². The third kappa shape index (κ3) is 4.47. The summed E-state index contributed by atoms with van der Waals surface area (Å²) in [7, 11) is 0. The van der Waals surface area contributed by atoms with E-state index in [1.54, 1.807) is 6.92 Å². The SMILES string of the molecule is C[C@@H](Nc1ccc2c(c1)CCC2)C(=O)Nc1ccc(OC(F)F)cc1. The van der Waals surface area contributed by atoms with Crippen LogP contribution < -0.4 is 15.4 Å². The lowest BCUT2D eigenvalue weighted by Gasteiger charge is -2.16. The lowest BCUT2D eigenvalue weighted by atomic mass is 10.1. The highest BCUT2D eigenvalue weighted by Gasteiger charge is 2.15. The molecule has 6 heteroatoms. The van der Waals surface area contributed by atoms with Gasteiger partial charge in [-0.05, 0) is 73.7 Å². The molecule has 0 unspecified atom stereocenters. The van der Waals surface area contributed by atoms with E-state index in [0.29, 0.717) is 5.69 Å². The highest BCUT2D eigenvalue weighted by molar-refractivity contribution is 5.96. The van der Waals surface area contributed by atoms with Crippen LogP contribution in [0.5, 0.6) is 5.75 Å². The van der Waals surface area contributed by atoms with Crippen molar-refractivity contribution in [1.29, 1.82) is 0 Å². The maximum absolute atomic E-state index is 12.3. The highest BCUT2D eigenvalue weighted by atomic mass is 19.3. The van der Waals surface area contributed by atoms with Crippen molar-refractivity contribution in [2.75, 3.05) is 10.6 Å². The predicted octanol–water partition coefficient (Wildman–Crippen LogP) is 4.22. The number of fused-ring (bicyclic) bond motifs is 1. The van der Waals surface area contributed by atoms with E-state index < -0.39 is 12.7 Å². The summed E-state index contributed by atoms with van der Waals surface area (Å²) in [5.41, 5.74) is 4.17. The molecule has 25 heavy (non-hydrogen) atoms. The topological polar surface area (TPSA) is 50.4 Å². The standard InChI is InChI=1S/C19H20F2N2O2/c1-12(22-16-6-5-13-3-2-4-14(13)11-16)18(24)23-15-7-9-17(10-8-15)25-19(20)21/h5-12,19,22H,2-4H2,1H3,(H,23,24)/t12-/m1/s1. The fourth-order valence-electron chi connectivity index (χ4n) is 2.95. The second kappa shape index (κ2) is 7.51. The number of ether oxygens (including phenoxy) is 1. The molecule has 2 aromatic carbocycles. The second-order valence-electron chi connectivity index (χ2n) is 6.10. The summed E-state index contributed by atoms with van der Waals surface area (Å²) < 4.78 is 28.5. The average molecular weight is 346 g/mol. The van der Waals surface area contributed by atoms with Crippen molar-refractivity contribution < 1.29 is 18.3 Å². The molecule has 4 nitrogen and oxygen atoms in total. The van der Waals surface area contributed by atoms with Crippen LogP contribution in [0.2, 0.25) is 0 Å². The number of benzene rings is 2. The summed E-state index contributed by atoms with van der Waals surface area (Å²) in [6.45, 7) is -1.09. The first kappa shape index (κ1) is 17.2. The monoisotopic (exact) mass is 346 g/mol. The number of aryl methyl sites for hydroxylation is 2. The quantitative estimate of drug-likeness (QED) is 0.823. The van der Waals surface area contributed by atoms with Gasteiger partial charge in [-0.25, -0.2) is 0 Å². The van der Waals surface area contributed by atoms with Gasteiger partial charge >= 0.3 is 6.61 Å². The molecule has 2 N–H and O–H groups in total. The predicted molar refractivity (Wildman–Crippen MR) is 93.3 cm³/mol. The molecule has 0 radical (unpaired) electrons. The van der Waals surface area contributed by atoms with Crippen molar-refractivity contribution in [2.24, 2.45) is 0 Å². The maximum Gasteiger partial charge on any atom is 0.387 e. The molecular formula is C19H20F2N2O2. The molecule has 0 fully saturated rings. The molecule has 1 amide bonds. The molecule has 0 bridgehead atoms. The zero-order chi connectivity index (χ0) is 17.8. The van der Waals surface area contributed by atoms with Gasteiger partial charge in [0.1, 0.15) is 11.8 Å². The van der Waals surface area contributed by atoms with Crippen molar-refractivity contribution >= 4 is 17.3 Å². The molecule has 1 aliphatic carbocycles. The number of anilines is 2. The lowest BCUT2D eigenvalue weighted by Crippen LogP contribution is -2.31. The van der Waals surface area contributed by atoms with E-state index in [9.17, 15) is 13.6 Å². The first-order valence-corrected chi connectivity index (χ1v) is 8.25. The van der Waals surface area contributed by atoms with Crippen LogP contribution in [0.15, 0.2) is 42.5 Å². The summed E-state index contributed by atoms with van der Waals surface area (Å²) in [6.07, 6.45) is 3.38. The molecule has 132 valence electrons. The van der Waals surface area contributed by atoms with E-state index in [0.717, 1.165) is 18.5 Å². The Balaban J connectivity index is 1.57. The van der Waals surface area contributed by atoms with Crippen LogP contribution in [0.25, 0.3) is 0 Å². The number of alkyl halides is 2. The Labute approximate surface area is 145 Å². The third-order valence-corrected chi connectivity index (χ3v) is 4.22. The maximum atomic E-state index is 12.3. The van der Waals surface area contributed by atoms with Crippen LogP contribution in [-0.4, -0.2) is 18.6 Å². The summed E-state index contributed by atoms with van der Waals surface area (Å²) in [6, 6.07) is 11.6. The molecule has 0 saturated heterocycles. The minimum absolute atomic E-state index is 0.0531. The largest absolute Gasteiger partial charge is 0.435 e. The van der Waals surface area contributed by atoms with Crippen molar-refractivity contribution in [2.45, 2.75) is 38.8 Å². The van der Waals surface area contributed by atoms with Gasteiger partial charge in [-0.3, -0.25) is 4.79 Å². The Bertz CT molecular complexity index is 748. The second-order valence-corrected chi connectivity index (χ2v) is 6.10. The van der Waals surface area contributed by atoms with Gasteiger partial charge in [-0.15, -0.1) is 0 Å². The lowest BCUT2D eigenvalue weighted by molar-refractivity contribution is -0.116. The van der Waals surface area contributed by atoms with Crippen LogP contribution in [0.3, 0.4) is 0 Å². The van der Waals surface area contributed by atoms with Crippen molar-refractivity contribution in [3.8, 4) is 5.75 Å². The van der Waals surface area contributed by atoms with Gasteiger partial charge in [0.2, 0.25) is 5.91 Å². The van der Waals surface area contributed by atoms with Gasteiger partial charge in [0.25, 0.3) is 0 Å². The summed E-state index contributed by atoms with van der Waals surface area (Å²) in [5.74, 6) is -0.152. The average Bonchev–Trinajstić information content (AvgIpc) is 3.03. The molecule has 0 aromatic heterocycles. The normalized spacial score (nSPS) is 14.1. The molecular weight excluding hydrogens is 326 g/mol. The van der Waals surface area contributed by atoms with Crippen LogP contribution in [0, 0.1) is 0 Å². The molecule has 0 heterocycles. The number of carbonyl (C=O) groups excluding carboxylic acids is 1. The fraction of sp³-hybridized carbons (Fsp3) is 0.316. The van der Waals surface area contributed by atoms with Crippen molar-refractivity contribution in [3.05, 3.63) is 53.6 Å². The first-order valence-electron chi connectivity index (χ1n) is 8.25. The van der Waals surface area contributed by atoms with Crippen LogP contribution in [-0.2, 0) is 17.6 Å². The summed E-state index contributed by atoms with van der Waals surface area (Å²) in [5, 5.41) is 5.94. The molecule has 3 rings (SSSR count). The number of amides is 1. The van der Waals surface area contributed by atoms with Gasteiger partial charge in [-0.1, -0.05) is 6.07 Å². The third-order valence-electron chi connectivity index (χ3n) is 4.22. The highest BCUT2D eigenvalue weighted by Crippen LogP contribution is 2.25. The number of hydrogen-bond donors (Lipinski definition) is 2. The molecule has 1 atom stereocenters. The Morgan fingerprint density at radius 3 is 2.44 bits per heavy atom. The number of carbonyl (C=O) groups is 1. The van der Waals surface area contributed by atoms with Gasteiger partial charge in [-0.2, -0.15) is 8.78 Å². The number of hydrogen-bond acceptors (Lipinski definition) is 3. The molecule has 1 aliphatic rings. The van der Waals surface area contributed by atoms with Gasteiger partial charge < -0.3 is 15.4 Å². The molecule has 2 aromatic rings.